The van der Waals surface area contributed by atoms with Gasteiger partial charge >= 0.3 is 32.8 Å². The van der Waals surface area contributed by atoms with Crippen LogP contribution >= 0.6 is 0 Å². The molecule has 0 aromatic heterocycles. The lowest BCUT2D eigenvalue weighted by Gasteiger charge is -1.85. The van der Waals surface area contributed by atoms with Crippen molar-refractivity contribution in [2.24, 2.45) is 0 Å². The topological polar surface area (TPSA) is 77.5 Å². The van der Waals surface area contributed by atoms with Crippen LogP contribution in [-0.4, -0.2) is 39.9 Å². The van der Waals surface area contributed by atoms with Crippen molar-refractivity contribution in [1.82, 2.24) is 0 Å². The van der Waals surface area contributed by atoms with Crippen LogP contribution in [0, 0.1) is 0 Å². The van der Waals surface area contributed by atoms with E-state index in [1.807, 2.05) is 0 Å². The van der Waals surface area contributed by atoms with Gasteiger partial charge in [-0.2, -0.15) is 0 Å². The standard InChI is InChI=1S/CH4O5Si4/c1-6-8(3)10(5)9(4)7-2/h7H,1H3. The molecule has 54 valence electrons. The SMILES string of the molecule is CO[Si](=O)[Si](=O)[Si](=O)[SiH]=O. The summed E-state index contributed by atoms with van der Waals surface area (Å²) >= 11 is 0. The highest BCUT2D eigenvalue weighted by Crippen LogP contribution is 1.70. The molecule has 0 aliphatic carbocycles. The van der Waals surface area contributed by atoms with Crippen LogP contribution in [0.15, 0.2) is 0 Å². The van der Waals surface area contributed by atoms with Gasteiger partial charge < -0.3 is 22.3 Å². The minimum absolute atomic E-state index is 1.12. The summed E-state index contributed by atoms with van der Waals surface area (Å²) in [7, 11) is -8.38. The molecule has 0 bridgehead atoms. The number of hydrogen-bond acceptors (Lipinski definition) is 5. The van der Waals surface area contributed by atoms with Crippen molar-refractivity contribution in [3.63, 3.8) is 0 Å². The molecule has 0 fully saturated rings. The molecule has 0 heterocycles. The molecule has 0 atom stereocenters. The van der Waals surface area contributed by atoms with Gasteiger partial charge in [-0.25, -0.2) is 0 Å². The fraction of sp³-hybridized carbons (Fsp3) is 1.00. The fourth-order valence-electron chi connectivity index (χ4n) is 0.247. The van der Waals surface area contributed by atoms with Crippen LogP contribution in [0.2, 0.25) is 0 Å². The summed E-state index contributed by atoms with van der Waals surface area (Å²) in [5.74, 6) is 0. The first-order valence-electron chi connectivity index (χ1n) is 2.25. The van der Waals surface area contributed by atoms with Crippen LogP contribution in [0.5, 0.6) is 0 Å². The molecule has 5 nitrogen and oxygen atoms in total. The largest absolute Gasteiger partial charge is 0.546 e. The van der Waals surface area contributed by atoms with E-state index in [-0.39, 0.29) is 0 Å². The van der Waals surface area contributed by atoms with E-state index in [0.29, 0.717) is 0 Å². The average molecular weight is 208 g/mol. The van der Waals surface area contributed by atoms with E-state index in [1.54, 1.807) is 0 Å². The highest BCUT2D eigenvalue weighted by atomic mass is 29.8. The van der Waals surface area contributed by atoms with Gasteiger partial charge in [0, 0.05) is 0 Å². The zero-order valence-electron chi connectivity index (χ0n) is 5.12. The van der Waals surface area contributed by atoms with E-state index in [2.05, 4.69) is 4.43 Å². The molecular weight excluding hydrogens is 204 g/mol. The normalized spacial score (nSPS) is 8.10. The second-order valence-corrected chi connectivity index (χ2v) is 14.8. The van der Waals surface area contributed by atoms with Crippen molar-refractivity contribution < 1.29 is 22.3 Å². The van der Waals surface area contributed by atoms with Crippen LogP contribution in [0.1, 0.15) is 0 Å². The van der Waals surface area contributed by atoms with E-state index < -0.39 is 32.8 Å². The third-order valence-electron chi connectivity index (χ3n) is 0.702. The average Bonchev–Trinajstić information content (AvgIpc) is 2.00. The summed E-state index contributed by atoms with van der Waals surface area (Å²) in [4.78, 5) is 0. The van der Waals surface area contributed by atoms with E-state index in [0.717, 1.165) is 7.11 Å². The monoisotopic (exact) mass is 208 g/mol. The second-order valence-electron chi connectivity index (χ2n) is 1.30. The molecule has 0 rings (SSSR count). The number of hydrogen-bond donors (Lipinski definition) is 0. The van der Waals surface area contributed by atoms with Gasteiger partial charge in [-0.15, -0.1) is 0 Å². The Morgan fingerprint density at radius 1 is 1.30 bits per heavy atom. The van der Waals surface area contributed by atoms with Crippen LogP contribution in [-0.2, 0) is 22.3 Å². The molecule has 0 spiro atoms. The molecule has 0 amide bonds. The third-order valence-corrected chi connectivity index (χ3v) is 15.9. The molecule has 0 aromatic rings. The highest BCUT2D eigenvalue weighted by Gasteiger charge is 2.32. The second kappa shape index (κ2) is 4.65. The van der Waals surface area contributed by atoms with Gasteiger partial charge in [0.15, 0.2) is 0 Å². The van der Waals surface area contributed by atoms with Gasteiger partial charge in [0.05, 0.1) is 7.11 Å². The lowest BCUT2D eigenvalue weighted by molar-refractivity contribution is 0.377. The first kappa shape index (κ1) is 9.87. The van der Waals surface area contributed by atoms with Crippen molar-refractivity contribution in [1.29, 1.82) is 0 Å². The van der Waals surface area contributed by atoms with Crippen molar-refractivity contribution in [2.75, 3.05) is 7.11 Å². The Hall–Kier alpha value is -0.132. The van der Waals surface area contributed by atoms with Crippen molar-refractivity contribution in [3.05, 3.63) is 0 Å². The van der Waals surface area contributed by atoms with Gasteiger partial charge in [0.2, 0.25) is 0 Å². The maximum Gasteiger partial charge on any atom is 0.546 e. The predicted octanol–water partition coefficient (Wildman–Crippen LogP) is -2.17. The quantitative estimate of drug-likeness (QED) is 0.491. The molecule has 0 unspecified atom stereocenters. The summed E-state index contributed by atoms with van der Waals surface area (Å²) < 4.78 is 45.8. The van der Waals surface area contributed by atoms with Crippen molar-refractivity contribution in [2.45, 2.75) is 0 Å². The fourth-order valence-corrected chi connectivity index (χ4v) is 10.7. The molecule has 0 aromatic carbocycles. The maximum atomic E-state index is 10.7. The number of rotatable bonds is 4. The van der Waals surface area contributed by atoms with Gasteiger partial charge in [0.25, 0.3) is 0 Å². The molecule has 0 N–H and O–H groups in total. The lowest BCUT2D eigenvalue weighted by atomic mass is 11.8. The predicted molar refractivity (Wildman–Crippen MR) is 34.2 cm³/mol. The third kappa shape index (κ3) is 2.63. The Morgan fingerprint density at radius 3 is 2.10 bits per heavy atom. The van der Waals surface area contributed by atoms with E-state index in [4.69, 9.17) is 0 Å². The van der Waals surface area contributed by atoms with Crippen LogP contribution in [0.3, 0.4) is 0 Å². The summed E-state index contributed by atoms with van der Waals surface area (Å²) in [6, 6.07) is 0. The molecule has 9 heteroatoms. The Bertz CT molecular complexity index is 196. The zero-order chi connectivity index (χ0) is 8.15. The molecule has 10 heavy (non-hydrogen) atoms. The molecule has 0 aliphatic heterocycles. The van der Waals surface area contributed by atoms with Crippen LogP contribution in [0.4, 0.5) is 0 Å². The summed E-state index contributed by atoms with van der Waals surface area (Å²) in [6.07, 6.45) is 0. The van der Waals surface area contributed by atoms with E-state index >= 15 is 0 Å². The molecule has 0 saturated heterocycles. The maximum absolute atomic E-state index is 10.7. The Labute approximate surface area is 62.8 Å². The van der Waals surface area contributed by atoms with Gasteiger partial charge in [-0.05, 0) is 0 Å². The Balaban J connectivity index is 4.22. The van der Waals surface area contributed by atoms with Gasteiger partial charge in [-0.1, -0.05) is 0 Å². The smallest absolute Gasteiger partial charge is 0.525 e. The van der Waals surface area contributed by atoms with Gasteiger partial charge in [-0.3, -0.25) is 0 Å². The minimum Gasteiger partial charge on any atom is -0.525 e. The molecule has 0 saturated carbocycles. The highest BCUT2D eigenvalue weighted by molar-refractivity contribution is 7.47. The van der Waals surface area contributed by atoms with Crippen LogP contribution < -0.4 is 0 Å². The molecule has 0 aliphatic rings. The zero-order valence-corrected chi connectivity index (χ0v) is 9.27. The summed E-state index contributed by atoms with van der Waals surface area (Å²) in [5.41, 5.74) is 0. The van der Waals surface area contributed by atoms with E-state index in [1.165, 1.54) is 0 Å². The van der Waals surface area contributed by atoms with E-state index in [9.17, 15) is 17.8 Å². The Morgan fingerprint density at radius 2 is 1.80 bits per heavy atom. The first-order chi connectivity index (χ1) is 4.63. The van der Waals surface area contributed by atoms with Crippen LogP contribution in [0.25, 0.3) is 0 Å². The summed E-state index contributed by atoms with van der Waals surface area (Å²) in [6.45, 7) is 0. The molecular formula is CH4O5Si4. The minimum atomic E-state index is -2.70. The van der Waals surface area contributed by atoms with Gasteiger partial charge in [0.1, 0.15) is 0 Å². The Kier molecular flexibility index (Phi) is 4.59. The summed E-state index contributed by atoms with van der Waals surface area (Å²) in [5, 5.41) is 0. The van der Waals surface area contributed by atoms with Crippen molar-refractivity contribution in [3.8, 4) is 0 Å². The molecule has 0 radical (unpaired) electrons. The lowest BCUT2D eigenvalue weighted by Crippen LogP contribution is -2.33. The first-order valence-corrected chi connectivity index (χ1v) is 10.7. The van der Waals surface area contributed by atoms with Crippen molar-refractivity contribution >= 4 is 32.8 Å².